The highest BCUT2D eigenvalue weighted by Gasteiger charge is 2.26. The molecule has 1 heterocycles. The fourth-order valence-corrected chi connectivity index (χ4v) is 3.31. The van der Waals surface area contributed by atoms with E-state index in [1.807, 2.05) is 30.3 Å². The maximum atomic E-state index is 10.9. The molecule has 0 saturated carbocycles. The summed E-state index contributed by atoms with van der Waals surface area (Å²) in [5.41, 5.74) is 1.10. The molecule has 0 spiro atoms. The van der Waals surface area contributed by atoms with Gasteiger partial charge in [-0.15, -0.1) is 0 Å². The Morgan fingerprint density at radius 3 is 2.75 bits per heavy atom. The molecule has 1 aliphatic heterocycles. The van der Waals surface area contributed by atoms with Gasteiger partial charge in [0.25, 0.3) is 10.1 Å². The van der Waals surface area contributed by atoms with Gasteiger partial charge in [0, 0.05) is 6.61 Å². The first-order valence-electron chi connectivity index (χ1n) is 6.71. The van der Waals surface area contributed by atoms with E-state index >= 15 is 0 Å². The number of rotatable bonds is 6. The van der Waals surface area contributed by atoms with E-state index in [2.05, 4.69) is 0 Å². The lowest BCUT2D eigenvalue weighted by molar-refractivity contribution is -0.0579. The zero-order valence-electron chi connectivity index (χ0n) is 11.3. The van der Waals surface area contributed by atoms with Crippen LogP contribution in [-0.2, 0) is 26.2 Å². The van der Waals surface area contributed by atoms with Crippen LogP contribution in [0.2, 0.25) is 0 Å². The van der Waals surface area contributed by atoms with Gasteiger partial charge in [-0.1, -0.05) is 30.3 Å². The van der Waals surface area contributed by atoms with Crippen molar-refractivity contribution in [1.29, 1.82) is 0 Å². The molecule has 2 rings (SSSR count). The standard InChI is InChI=1S/C14H20O5S/c15-20(16,17)11-13-6-7-19-14(8-13)10-18-9-12-4-2-1-3-5-12/h1-5,13-14H,6-11H2,(H,15,16,17)/t13-,14+/m1/s1. The van der Waals surface area contributed by atoms with Crippen molar-refractivity contribution in [2.75, 3.05) is 19.0 Å². The lowest BCUT2D eigenvalue weighted by atomic mass is 9.98. The van der Waals surface area contributed by atoms with Crippen molar-refractivity contribution in [3.05, 3.63) is 35.9 Å². The van der Waals surface area contributed by atoms with Crippen molar-refractivity contribution in [2.45, 2.75) is 25.6 Å². The molecule has 2 atom stereocenters. The summed E-state index contributed by atoms with van der Waals surface area (Å²) in [6, 6.07) is 9.84. The molecular formula is C14H20O5S. The Balaban J connectivity index is 1.73. The van der Waals surface area contributed by atoms with Gasteiger partial charge < -0.3 is 9.47 Å². The molecule has 1 saturated heterocycles. The third-order valence-corrected chi connectivity index (χ3v) is 4.23. The lowest BCUT2D eigenvalue weighted by Crippen LogP contribution is -2.32. The highest BCUT2D eigenvalue weighted by atomic mass is 32.2. The van der Waals surface area contributed by atoms with Crippen LogP contribution >= 0.6 is 0 Å². The maximum Gasteiger partial charge on any atom is 0.265 e. The first-order chi connectivity index (χ1) is 9.53. The largest absolute Gasteiger partial charge is 0.376 e. The molecule has 1 aromatic rings. The molecule has 0 bridgehead atoms. The Morgan fingerprint density at radius 2 is 2.05 bits per heavy atom. The molecule has 5 nitrogen and oxygen atoms in total. The van der Waals surface area contributed by atoms with Crippen molar-refractivity contribution in [3.63, 3.8) is 0 Å². The minimum Gasteiger partial charge on any atom is -0.376 e. The van der Waals surface area contributed by atoms with Crippen LogP contribution in [0.1, 0.15) is 18.4 Å². The second-order valence-corrected chi connectivity index (χ2v) is 6.63. The fourth-order valence-electron chi connectivity index (χ4n) is 2.41. The van der Waals surface area contributed by atoms with E-state index in [4.69, 9.17) is 14.0 Å². The van der Waals surface area contributed by atoms with Crippen LogP contribution in [0.15, 0.2) is 30.3 Å². The highest BCUT2D eigenvalue weighted by molar-refractivity contribution is 7.85. The summed E-state index contributed by atoms with van der Waals surface area (Å²) in [5.74, 6) is -0.241. The van der Waals surface area contributed by atoms with Crippen molar-refractivity contribution < 1.29 is 22.4 Å². The van der Waals surface area contributed by atoms with Gasteiger partial charge in [0.15, 0.2) is 0 Å². The molecule has 6 heteroatoms. The number of hydrogen-bond donors (Lipinski definition) is 1. The molecule has 112 valence electrons. The molecule has 0 unspecified atom stereocenters. The molecule has 1 aromatic carbocycles. The molecule has 1 N–H and O–H groups in total. The third kappa shape index (κ3) is 5.58. The number of benzene rings is 1. The Kier molecular flexibility index (Phi) is 5.54. The zero-order chi connectivity index (χ0) is 14.4. The van der Waals surface area contributed by atoms with Crippen LogP contribution in [0.25, 0.3) is 0 Å². The first kappa shape index (κ1) is 15.4. The summed E-state index contributed by atoms with van der Waals surface area (Å²) in [6.07, 6.45) is 1.17. The second-order valence-electron chi connectivity index (χ2n) is 5.13. The number of ether oxygens (including phenoxy) is 2. The second kappa shape index (κ2) is 7.17. The zero-order valence-corrected chi connectivity index (χ0v) is 12.1. The third-order valence-electron chi connectivity index (χ3n) is 3.34. The quantitative estimate of drug-likeness (QED) is 0.812. The average molecular weight is 300 g/mol. The van der Waals surface area contributed by atoms with Crippen LogP contribution in [0.3, 0.4) is 0 Å². The lowest BCUT2D eigenvalue weighted by Gasteiger charge is -2.28. The van der Waals surface area contributed by atoms with Gasteiger partial charge in [-0.25, -0.2) is 0 Å². The Morgan fingerprint density at radius 1 is 1.30 bits per heavy atom. The van der Waals surface area contributed by atoms with E-state index < -0.39 is 10.1 Å². The molecule has 0 amide bonds. The molecule has 20 heavy (non-hydrogen) atoms. The van der Waals surface area contributed by atoms with E-state index in [0.29, 0.717) is 32.7 Å². The normalized spacial score (nSPS) is 23.6. The topological polar surface area (TPSA) is 72.8 Å². The van der Waals surface area contributed by atoms with Gasteiger partial charge in [-0.05, 0) is 24.3 Å². The predicted molar refractivity (Wildman–Crippen MR) is 75.0 cm³/mol. The fraction of sp³-hybridized carbons (Fsp3) is 0.571. The van der Waals surface area contributed by atoms with Crippen molar-refractivity contribution >= 4 is 10.1 Å². The molecule has 1 fully saturated rings. The van der Waals surface area contributed by atoms with Crippen LogP contribution in [0.4, 0.5) is 0 Å². The van der Waals surface area contributed by atoms with Crippen molar-refractivity contribution in [1.82, 2.24) is 0 Å². The Hall–Kier alpha value is -0.950. The van der Waals surface area contributed by atoms with Gasteiger partial charge in [0.05, 0.1) is 25.1 Å². The van der Waals surface area contributed by atoms with E-state index in [9.17, 15) is 8.42 Å². The minimum absolute atomic E-state index is 0.0518. The van der Waals surface area contributed by atoms with Gasteiger partial charge in [-0.3, -0.25) is 4.55 Å². The van der Waals surface area contributed by atoms with E-state index in [1.54, 1.807) is 0 Å². The smallest absolute Gasteiger partial charge is 0.265 e. The van der Waals surface area contributed by atoms with E-state index in [1.165, 1.54) is 0 Å². The van der Waals surface area contributed by atoms with E-state index in [0.717, 1.165) is 5.56 Å². The summed E-state index contributed by atoms with van der Waals surface area (Å²) >= 11 is 0. The highest BCUT2D eigenvalue weighted by Crippen LogP contribution is 2.22. The summed E-state index contributed by atoms with van der Waals surface area (Å²) in [4.78, 5) is 0. The molecule has 0 aromatic heterocycles. The monoisotopic (exact) mass is 300 g/mol. The van der Waals surface area contributed by atoms with Gasteiger partial charge in [-0.2, -0.15) is 8.42 Å². The number of hydrogen-bond acceptors (Lipinski definition) is 4. The van der Waals surface area contributed by atoms with Crippen molar-refractivity contribution in [2.24, 2.45) is 5.92 Å². The van der Waals surface area contributed by atoms with E-state index in [-0.39, 0.29) is 17.8 Å². The molecular weight excluding hydrogens is 280 g/mol. The van der Waals surface area contributed by atoms with Gasteiger partial charge in [0.2, 0.25) is 0 Å². The molecule has 0 aliphatic carbocycles. The first-order valence-corrected chi connectivity index (χ1v) is 8.32. The summed E-state index contributed by atoms with van der Waals surface area (Å²) in [6.45, 7) is 1.47. The maximum absolute atomic E-state index is 10.9. The van der Waals surface area contributed by atoms with Crippen LogP contribution in [0, 0.1) is 5.92 Å². The predicted octanol–water partition coefficient (Wildman–Crippen LogP) is 1.89. The Labute approximate surface area is 119 Å². The summed E-state index contributed by atoms with van der Waals surface area (Å²) < 4.78 is 41.8. The van der Waals surface area contributed by atoms with Gasteiger partial charge >= 0.3 is 0 Å². The summed E-state index contributed by atoms with van der Waals surface area (Å²) in [7, 11) is -3.91. The molecule has 0 radical (unpaired) electrons. The van der Waals surface area contributed by atoms with Crippen molar-refractivity contribution in [3.8, 4) is 0 Å². The van der Waals surface area contributed by atoms with Crippen LogP contribution < -0.4 is 0 Å². The van der Waals surface area contributed by atoms with Crippen LogP contribution in [-0.4, -0.2) is 38.0 Å². The van der Waals surface area contributed by atoms with Gasteiger partial charge in [0.1, 0.15) is 0 Å². The minimum atomic E-state index is -3.91. The van der Waals surface area contributed by atoms with Crippen LogP contribution in [0.5, 0.6) is 0 Å². The Bertz CT molecular complexity index is 500. The average Bonchev–Trinajstić information content (AvgIpc) is 2.38. The SMILES string of the molecule is O=S(=O)(O)C[C@@H]1CCO[C@H](COCc2ccccc2)C1. The summed E-state index contributed by atoms with van der Waals surface area (Å²) in [5, 5.41) is 0. The molecule has 1 aliphatic rings.